The van der Waals surface area contributed by atoms with Crippen LogP contribution in [-0.2, 0) is 0 Å². The Balaban J connectivity index is 1.56. The first-order valence-corrected chi connectivity index (χ1v) is 11.3. The van der Waals surface area contributed by atoms with Crippen molar-refractivity contribution in [1.82, 2.24) is 0 Å². The molecule has 0 amide bonds. The van der Waals surface area contributed by atoms with Gasteiger partial charge in [0.2, 0.25) is 0 Å². The highest BCUT2D eigenvalue weighted by atomic mass is 32.1. The minimum Gasteiger partial charge on any atom is -0.497 e. The van der Waals surface area contributed by atoms with Crippen molar-refractivity contribution in [2.45, 2.75) is 0 Å². The van der Waals surface area contributed by atoms with Gasteiger partial charge < -0.3 is 9.47 Å². The molecule has 4 aromatic rings. The lowest BCUT2D eigenvalue weighted by Gasteiger charge is -2.02. The van der Waals surface area contributed by atoms with Crippen LogP contribution in [0.4, 0.5) is 0 Å². The molecule has 0 bridgehead atoms. The Labute approximate surface area is 185 Å². The molecular weight excluding hydrogens is 408 g/mol. The van der Waals surface area contributed by atoms with Gasteiger partial charge in [-0.2, -0.15) is 0 Å². The number of benzene rings is 2. The second-order valence-corrected chi connectivity index (χ2v) is 8.51. The summed E-state index contributed by atoms with van der Waals surface area (Å²) in [5.41, 5.74) is 4.83. The molecule has 0 radical (unpaired) electrons. The number of thiophene rings is 2. The van der Waals surface area contributed by atoms with E-state index in [0.29, 0.717) is 0 Å². The van der Waals surface area contributed by atoms with Crippen LogP contribution in [0.2, 0.25) is 0 Å². The van der Waals surface area contributed by atoms with Crippen molar-refractivity contribution in [2.75, 3.05) is 14.2 Å². The molecule has 0 saturated heterocycles. The second kappa shape index (κ2) is 9.61. The van der Waals surface area contributed by atoms with E-state index >= 15 is 0 Å². The third kappa shape index (κ3) is 4.73. The largest absolute Gasteiger partial charge is 0.497 e. The van der Waals surface area contributed by atoms with Crippen LogP contribution in [0.5, 0.6) is 11.5 Å². The summed E-state index contributed by atoms with van der Waals surface area (Å²) in [7, 11) is 3.37. The zero-order valence-corrected chi connectivity index (χ0v) is 18.5. The third-order valence-corrected chi connectivity index (χ3v) is 6.53. The Bertz CT molecular complexity index is 1050. The lowest BCUT2D eigenvalue weighted by atomic mass is 10.1. The van der Waals surface area contributed by atoms with Crippen molar-refractivity contribution >= 4 is 47.0 Å². The lowest BCUT2D eigenvalue weighted by molar-refractivity contribution is 0.414. The summed E-state index contributed by atoms with van der Waals surface area (Å²) in [6.07, 6.45) is 8.68. The van der Waals surface area contributed by atoms with Gasteiger partial charge in [-0.15, -0.1) is 22.7 Å². The Morgan fingerprint density at radius 2 is 0.933 bits per heavy atom. The van der Waals surface area contributed by atoms with Crippen LogP contribution in [0.3, 0.4) is 0 Å². The maximum absolute atomic E-state index is 5.23. The van der Waals surface area contributed by atoms with Gasteiger partial charge in [-0.1, -0.05) is 36.4 Å². The van der Waals surface area contributed by atoms with Gasteiger partial charge in [-0.05, 0) is 70.4 Å². The summed E-state index contributed by atoms with van der Waals surface area (Å²) in [6, 6.07) is 20.6. The van der Waals surface area contributed by atoms with Crippen molar-refractivity contribution < 1.29 is 9.47 Å². The van der Waals surface area contributed by atoms with Crippen molar-refractivity contribution in [3.63, 3.8) is 0 Å². The van der Waals surface area contributed by atoms with Crippen molar-refractivity contribution in [1.29, 1.82) is 0 Å². The topological polar surface area (TPSA) is 18.5 Å². The van der Waals surface area contributed by atoms with E-state index in [9.17, 15) is 0 Å². The molecular formula is C26H22O2S2. The number of rotatable bonds is 7. The molecule has 150 valence electrons. The van der Waals surface area contributed by atoms with Gasteiger partial charge in [-0.25, -0.2) is 0 Å². The highest BCUT2D eigenvalue weighted by Crippen LogP contribution is 2.36. The molecule has 0 spiro atoms. The molecule has 0 unspecified atom stereocenters. The van der Waals surface area contributed by atoms with Gasteiger partial charge in [0.25, 0.3) is 0 Å². The first kappa shape index (κ1) is 20.2. The second-order valence-electron chi connectivity index (χ2n) is 6.61. The fraction of sp³-hybridized carbons (Fsp3) is 0.0769. The van der Waals surface area contributed by atoms with Crippen LogP contribution in [0.1, 0.15) is 20.9 Å². The summed E-state index contributed by atoms with van der Waals surface area (Å²) < 4.78 is 10.5. The smallest absolute Gasteiger partial charge is 0.118 e. The summed E-state index contributed by atoms with van der Waals surface area (Å²) in [5.74, 6) is 1.74. The number of methoxy groups -OCH3 is 2. The highest BCUT2D eigenvalue weighted by Gasteiger charge is 2.09. The quantitative estimate of drug-likeness (QED) is 0.297. The van der Waals surface area contributed by atoms with E-state index in [2.05, 4.69) is 71.5 Å². The fourth-order valence-corrected chi connectivity index (χ4v) is 4.72. The maximum Gasteiger partial charge on any atom is 0.118 e. The highest BCUT2D eigenvalue weighted by molar-refractivity contribution is 7.12. The third-order valence-electron chi connectivity index (χ3n) is 4.77. The number of hydrogen-bond acceptors (Lipinski definition) is 4. The van der Waals surface area contributed by atoms with E-state index in [0.717, 1.165) is 22.6 Å². The van der Waals surface area contributed by atoms with Gasteiger partial charge in [-0.3, -0.25) is 0 Å². The number of ether oxygens (including phenoxy) is 2. The first-order valence-electron chi connectivity index (χ1n) is 9.56. The van der Waals surface area contributed by atoms with E-state index in [1.807, 2.05) is 24.3 Å². The van der Waals surface area contributed by atoms with E-state index < -0.39 is 0 Å². The molecule has 2 aromatic heterocycles. The van der Waals surface area contributed by atoms with Gasteiger partial charge in [0.15, 0.2) is 0 Å². The SMILES string of the molecule is COc1ccc(/C=C\c2sccc2-c2ccsc2/C=C/c2ccc(OC)cc2)cc1. The predicted octanol–water partition coefficient (Wildman–Crippen LogP) is 7.83. The van der Waals surface area contributed by atoms with Crippen LogP contribution in [-0.4, -0.2) is 14.2 Å². The summed E-state index contributed by atoms with van der Waals surface area (Å²) in [6.45, 7) is 0. The first-order chi connectivity index (χ1) is 14.8. The van der Waals surface area contributed by atoms with Crippen LogP contribution in [0, 0.1) is 0 Å². The Morgan fingerprint density at radius 3 is 1.30 bits per heavy atom. The summed E-state index contributed by atoms with van der Waals surface area (Å²) in [5, 5.41) is 4.30. The Morgan fingerprint density at radius 1 is 0.533 bits per heavy atom. The van der Waals surface area contributed by atoms with Gasteiger partial charge in [0.05, 0.1) is 14.2 Å². The Hall–Kier alpha value is -3.08. The van der Waals surface area contributed by atoms with Crippen LogP contribution in [0.15, 0.2) is 71.4 Å². The summed E-state index contributed by atoms with van der Waals surface area (Å²) >= 11 is 3.51. The molecule has 0 aliphatic carbocycles. The van der Waals surface area contributed by atoms with Crippen LogP contribution in [0.25, 0.3) is 35.4 Å². The molecule has 4 heteroatoms. The van der Waals surface area contributed by atoms with Crippen LogP contribution < -0.4 is 9.47 Å². The summed E-state index contributed by atoms with van der Waals surface area (Å²) in [4.78, 5) is 2.51. The van der Waals surface area contributed by atoms with E-state index in [1.54, 1.807) is 36.9 Å². The average molecular weight is 431 g/mol. The Kier molecular flexibility index (Phi) is 6.47. The monoisotopic (exact) mass is 430 g/mol. The van der Waals surface area contributed by atoms with Crippen molar-refractivity contribution in [2.24, 2.45) is 0 Å². The minimum absolute atomic E-state index is 0.871. The molecule has 0 N–H and O–H groups in total. The molecule has 4 rings (SSSR count). The van der Waals surface area contributed by atoms with E-state index in [-0.39, 0.29) is 0 Å². The molecule has 0 aliphatic rings. The molecule has 0 fully saturated rings. The fourth-order valence-electron chi connectivity index (χ4n) is 3.12. The maximum atomic E-state index is 5.23. The standard InChI is InChI=1S/C26H22O2S2/c1-27-21-9-3-19(4-10-21)7-13-25-23(15-17-29-25)24-16-18-30-26(24)14-8-20-5-11-22(28-2)12-6-20/h3-18H,1-2H3/b13-7-,14-8+. The molecule has 2 heterocycles. The average Bonchev–Trinajstić information content (AvgIpc) is 3.45. The van der Waals surface area contributed by atoms with Crippen molar-refractivity contribution in [3.8, 4) is 22.6 Å². The van der Waals surface area contributed by atoms with Gasteiger partial charge >= 0.3 is 0 Å². The zero-order chi connectivity index (χ0) is 20.8. The van der Waals surface area contributed by atoms with Gasteiger partial charge in [0, 0.05) is 20.9 Å². The molecule has 0 atom stereocenters. The van der Waals surface area contributed by atoms with E-state index in [4.69, 9.17) is 9.47 Å². The molecule has 2 aromatic carbocycles. The van der Waals surface area contributed by atoms with Crippen LogP contribution >= 0.6 is 22.7 Å². The normalized spacial score (nSPS) is 11.4. The van der Waals surface area contributed by atoms with Gasteiger partial charge in [0.1, 0.15) is 11.5 Å². The molecule has 0 aliphatic heterocycles. The van der Waals surface area contributed by atoms with E-state index in [1.165, 1.54) is 20.9 Å². The molecule has 0 saturated carbocycles. The zero-order valence-electron chi connectivity index (χ0n) is 16.9. The minimum atomic E-state index is 0.871. The predicted molar refractivity (Wildman–Crippen MR) is 131 cm³/mol. The number of hydrogen-bond donors (Lipinski definition) is 0. The molecule has 30 heavy (non-hydrogen) atoms. The lowest BCUT2D eigenvalue weighted by Crippen LogP contribution is -1.81. The molecule has 2 nitrogen and oxygen atoms in total. The van der Waals surface area contributed by atoms with Crippen molar-refractivity contribution in [3.05, 3.63) is 92.3 Å².